The van der Waals surface area contributed by atoms with Gasteiger partial charge in [-0.2, -0.15) is 0 Å². The summed E-state index contributed by atoms with van der Waals surface area (Å²) in [4.78, 5) is 32.4. The van der Waals surface area contributed by atoms with Crippen molar-refractivity contribution in [2.45, 2.75) is 38.0 Å². The maximum absolute atomic E-state index is 13.4. The third-order valence-corrected chi connectivity index (χ3v) is 10.4. The number of carbonyl (C=O) groups is 2. The van der Waals surface area contributed by atoms with E-state index in [9.17, 15) is 19.8 Å². The number of aromatic hydroxyl groups is 2. The van der Waals surface area contributed by atoms with E-state index in [1.54, 1.807) is 33.3 Å². The number of hydrogen-bond acceptors (Lipinski definition) is 5. The number of benzene rings is 4. The second kappa shape index (κ2) is 11.2. The van der Waals surface area contributed by atoms with Crippen LogP contribution in [0, 0.1) is 0 Å². The Hall–Kier alpha value is -4.07. The summed E-state index contributed by atoms with van der Waals surface area (Å²) in [5, 5.41) is 24.8. The van der Waals surface area contributed by atoms with Crippen molar-refractivity contribution in [2.75, 3.05) is 28.8 Å². The number of amides is 2. The number of hydrogen-bond donors (Lipinski definition) is 2. The number of alkyl halides is 1. The van der Waals surface area contributed by atoms with Gasteiger partial charge in [0.15, 0.2) is 0 Å². The van der Waals surface area contributed by atoms with Gasteiger partial charge in [-0.3, -0.25) is 9.59 Å². The van der Waals surface area contributed by atoms with Gasteiger partial charge < -0.3 is 20.0 Å². The fourth-order valence-electron chi connectivity index (χ4n) is 6.72. The van der Waals surface area contributed by atoms with Crippen molar-refractivity contribution in [1.82, 2.24) is 0 Å². The SMILES string of the molecule is O=C(CCc1ccc(CCC(=O)N2CC(CCl)c3c2cc(O)c2ccccc32)s1)N1CCc2c1cc(O)c1ccccc21. The Bertz CT molecular complexity index is 1900. The third-order valence-electron chi connectivity index (χ3n) is 8.81. The zero-order chi connectivity index (χ0) is 29.7. The van der Waals surface area contributed by atoms with Crippen LogP contribution in [0.4, 0.5) is 11.4 Å². The molecule has 0 spiro atoms. The number of nitrogens with zero attached hydrogens (tertiary/aromatic N) is 2. The highest BCUT2D eigenvalue weighted by Crippen LogP contribution is 2.45. The van der Waals surface area contributed by atoms with Crippen LogP contribution in [0.3, 0.4) is 0 Å². The first kappa shape index (κ1) is 27.7. The smallest absolute Gasteiger partial charge is 0.227 e. The van der Waals surface area contributed by atoms with Gasteiger partial charge in [0.2, 0.25) is 11.8 Å². The molecule has 0 saturated carbocycles. The average molecular weight is 611 g/mol. The summed E-state index contributed by atoms with van der Waals surface area (Å²) >= 11 is 7.98. The van der Waals surface area contributed by atoms with Gasteiger partial charge in [-0.1, -0.05) is 48.5 Å². The Kier molecular flexibility index (Phi) is 7.23. The van der Waals surface area contributed by atoms with Crippen LogP contribution in [0.1, 0.15) is 39.6 Å². The lowest BCUT2D eigenvalue weighted by Crippen LogP contribution is -2.30. The molecule has 1 unspecified atom stereocenters. The fourth-order valence-corrected chi connectivity index (χ4v) is 7.99. The van der Waals surface area contributed by atoms with Crippen LogP contribution in [0.15, 0.2) is 72.8 Å². The molecule has 1 aromatic heterocycles. The average Bonchev–Trinajstić information content (AvgIpc) is 3.76. The van der Waals surface area contributed by atoms with Gasteiger partial charge in [0.25, 0.3) is 0 Å². The zero-order valence-corrected chi connectivity index (χ0v) is 25.1. The number of anilines is 2. The Morgan fingerprint density at radius 1 is 0.767 bits per heavy atom. The number of aryl methyl sites for hydroxylation is 2. The number of halogens is 1. The van der Waals surface area contributed by atoms with E-state index in [2.05, 4.69) is 0 Å². The second-order valence-electron chi connectivity index (χ2n) is 11.3. The topological polar surface area (TPSA) is 81.1 Å². The lowest BCUT2D eigenvalue weighted by Gasteiger charge is -2.18. The molecule has 3 heterocycles. The van der Waals surface area contributed by atoms with E-state index >= 15 is 0 Å². The largest absolute Gasteiger partial charge is 0.507 e. The van der Waals surface area contributed by atoms with Crippen molar-refractivity contribution in [2.24, 2.45) is 0 Å². The van der Waals surface area contributed by atoms with Crippen LogP contribution >= 0.6 is 22.9 Å². The summed E-state index contributed by atoms with van der Waals surface area (Å²) in [5.41, 5.74) is 3.71. The molecule has 43 heavy (non-hydrogen) atoms. The van der Waals surface area contributed by atoms with Gasteiger partial charge in [-0.05, 0) is 53.3 Å². The number of rotatable bonds is 7. The molecule has 0 radical (unpaired) electrons. The lowest BCUT2D eigenvalue weighted by molar-refractivity contribution is -0.119. The van der Waals surface area contributed by atoms with Gasteiger partial charge in [0.05, 0.1) is 11.4 Å². The maximum Gasteiger partial charge on any atom is 0.227 e. The molecule has 6 nitrogen and oxygen atoms in total. The minimum Gasteiger partial charge on any atom is -0.507 e. The molecule has 1 atom stereocenters. The van der Waals surface area contributed by atoms with E-state index in [1.807, 2.05) is 60.7 Å². The van der Waals surface area contributed by atoms with Gasteiger partial charge >= 0.3 is 0 Å². The summed E-state index contributed by atoms with van der Waals surface area (Å²) in [6, 6.07) is 23.0. The van der Waals surface area contributed by atoms with Crippen LogP contribution in [0.2, 0.25) is 0 Å². The van der Waals surface area contributed by atoms with Gasteiger partial charge in [0.1, 0.15) is 11.5 Å². The summed E-state index contributed by atoms with van der Waals surface area (Å²) in [5.74, 6) is 0.851. The van der Waals surface area contributed by atoms with Crippen molar-refractivity contribution in [1.29, 1.82) is 0 Å². The molecule has 218 valence electrons. The molecule has 0 saturated heterocycles. The Balaban J connectivity index is 0.991. The van der Waals surface area contributed by atoms with Crippen LogP contribution in [0.25, 0.3) is 21.5 Å². The van der Waals surface area contributed by atoms with E-state index < -0.39 is 0 Å². The zero-order valence-electron chi connectivity index (χ0n) is 23.6. The summed E-state index contributed by atoms with van der Waals surface area (Å²) in [7, 11) is 0. The molecule has 8 heteroatoms. The van der Waals surface area contributed by atoms with E-state index in [1.165, 1.54) is 0 Å². The number of carbonyl (C=O) groups excluding carboxylic acids is 2. The molecule has 7 rings (SSSR count). The fraction of sp³-hybridized carbons (Fsp3) is 0.257. The number of fused-ring (bicyclic) bond motifs is 6. The van der Waals surface area contributed by atoms with E-state index in [4.69, 9.17) is 11.6 Å². The van der Waals surface area contributed by atoms with Gasteiger partial charge in [0, 0.05) is 70.4 Å². The van der Waals surface area contributed by atoms with E-state index in [0.717, 1.165) is 60.2 Å². The molecular weight excluding hydrogens is 580 g/mol. The monoisotopic (exact) mass is 610 g/mol. The van der Waals surface area contributed by atoms with Crippen molar-refractivity contribution in [3.63, 3.8) is 0 Å². The van der Waals surface area contributed by atoms with Gasteiger partial charge in [-0.25, -0.2) is 0 Å². The predicted molar refractivity (Wildman–Crippen MR) is 174 cm³/mol. The molecule has 4 aromatic carbocycles. The third kappa shape index (κ3) is 4.90. The number of thiophene rings is 1. The first-order valence-corrected chi connectivity index (χ1v) is 16.0. The minimum atomic E-state index is 0.0113. The van der Waals surface area contributed by atoms with Crippen LogP contribution in [-0.2, 0) is 28.9 Å². The predicted octanol–water partition coefficient (Wildman–Crippen LogP) is 7.29. The van der Waals surface area contributed by atoms with E-state index in [0.29, 0.717) is 44.7 Å². The number of phenols is 2. The maximum atomic E-state index is 13.4. The summed E-state index contributed by atoms with van der Waals surface area (Å²) in [6.07, 6.45) is 2.75. The highest BCUT2D eigenvalue weighted by molar-refractivity contribution is 7.12. The molecule has 2 aliphatic heterocycles. The Labute approximate surface area is 258 Å². The summed E-state index contributed by atoms with van der Waals surface area (Å²) < 4.78 is 0. The van der Waals surface area contributed by atoms with Crippen LogP contribution in [-0.4, -0.2) is 41.0 Å². The van der Waals surface area contributed by atoms with Crippen molar-refractivity contribution in [3.05, 3.63) is 93.7 Å². The molecule has 2 N–H and O–H groups in total. The standard InChI is InChI=1S/C35H31ClN2O4S/c36-19-21-20-38(30-18-32(40)27-7-3-4-8-28(27)35(21)30)34(42)14-12-23-10-9-22(43-23)11-13-33(41)37-16-15-25-24-5-1-2-6-26(24)31(39)17-29(25)37/h1-10,17-18,21,39-40H,11-16,19-20H2. The van der Waals surface area contributed by atoms with E-state index in [-0.39, 0.29) is 29.2 Å². The van der Waals surface area contributed by atoms with Crippen LogP contribution in [0.5, 0.6) is 11.5 Å². The van der Waals surface area contributed by atoms with Crippen molar-refractivity contribution >= 4 is 67.7 Å². The molecule has 2 amide bonds. The molecule has 2 aliphatic rings. The van der Waals surface area contributed by atoms with Gasteiger partial charge in [-0.15, -0.1) is 22.9 Å². The molecule has 0 fully saturated rings. The summed E-state index contributed by atoms with van der Waals surface area (Å²) in [6.45, 7) is 1.13. The minimum absolute atomic E-state index is 0.0113. The van der Waals surface area contributed by atoms with Crippen molar-refractivity contribution in [3.8, 4) is 11.5 Å². The molecule has 5 aromatic rings. The quantitative estimate of drug-likeness (QED) is 0.190. The van der Waals surface area contributed by atoms with Crippen LogP contribution < -0.4 is 9.80 Å². The molecular formula is C35H31ClN2O4S. The number of phenolic OH excluding ortho intramolecular Hbond substituents is 2. The first-order valence-electron chi connectivity index (χ1n) is 14.7. The molecule has 0 bridgehead atoms. The Morgan fingerprint density at radius 3 is 1.98 bits per heavy atom. The highest BCUT2D eigenvalue weighted by atomic mass is 35.5. The first-order chi connectivity index (χ1) is 20.9. The molecule has 0 aliphatic carbocycles. The van der Waals surface area contributed by atoms with Crippen molar-refractivity contribution < 1.29 is 19.8 Å². The highest BCUT2D eigenvalue weighted by Gasteiger charge is 2.34. The Morgan fingerprint density at radius 2 is 1.33 bits per heavy atom. The lowest BCUT2D eigenvalue weighted by atomic mass is 9.95. The normalized spacial score (nSPS) is 15.8. The second-order valence-corrected chi connectivity index (χ2v) is 12.9.